The van der Waals surface area contributed by atoms with E-state index in [9.17, 15) is 0 Å². The highest BCUT2D eigenvalue weighted by atomic mass is 32.2. The van der Waals surface area contributed by atoms with Gasteiger partial charge in [-0.1, -0.05) is 25.1 Å². The van der Waals surface area contributed by atoms with Gasteiger partial charge in [-0.2, -0.15) is 0 Å². The van der Waals surface area contributed by atoms with Crippen LogP contribution in [0.2, 0.25) is 0 Å². The van der Waals surface area contributed by atoms with Crippen molar-refractivity contribution in [1.29, 1.82) is 0 Å². The fourth-order valence-corrected chi connectivity index (χ4v) is 2.20. The Morgan fingerprint density at radius 1 is 1.38 bits per heavy atom. The number of hydrogen-bond donors (Lipinski definition) is 1. The number of benzene rings is 1. The summed E-state index contributed by atoms with van der Waals surface area (Å²) >= 11 is 1.81. The SMILES string of the molecule is CSc1ccccc1C(C)CCN. The highest BCUT2D eigenvalue weighted by Crippen LogP contribution is 2.28. The average molecular weight is 195 g/mol. The predicted octanol–water partition coefficient (Wildman–Crippen LogP) is 2.86. The minimum Gasteiger partial charge on any atom is -0.330 e. The van der Waals surface area contributed by atoms with E-state index in [1.165, 1.54) is 10.5 Å². The van der Waals surface area contributed by atoms with Gasteiger partial charge in [0, 0.05) is 4.90 Å². The molecular weight excluding hydrogens is 178 g/mol. The molecule has 1 unspecified atom stereocenters. The average Bonchev–Trinajstić information content (AvgIpc) is 2.18. The standard InChI is InChI=1S/C11H17NS/c1-9(7-8-12)10-5-3-4-6-11(10)13-2/h3-6,9H,7-8,12H2,1-2H3. The van der Waals surface area contributed by atoms with Crippen molar-refractivity contribution < 1.29 is 0 Å². The van der Waals surface area contributed by atoms with Crippen molar-refractivity contribution in [2.45, 2.75) is 24.2 Å². The molecule has 2 N–H and O–H groups in total. The maximum absolute atomic E-state index is 5.55. The molecule has 1 aromatic carbocycles. The molecule has 0 saturated carbocycles. The van der Waals surface area contributed by atoms with E-state index in [-0.39, 0.29) is 0 Å². The van der Waals surface area contributed by atoms with Crippen molar-refractivity contribution >= 4 is 11.8 Å². The van der Waals surface area contributed by atoms with Gasteiger partial charge in [0.1, 0.15) is 0 Å². The van der Waals surface area contributed by atoms with Crippen LogP contribution in [0.3, 0.4) is 0 Å². The van der Waals surface area contributed by atoms with E-state index >= 15 is 0 Å². The molecule has 0 aliphatic heterocycles. The zero-order chi connectivity index (χ0) is 9.68. The molecule has 0 heterocycles. The quantitative estimate of drug-likeness (QED) is 0.748. The van der Waals surface area contributed by atoms with Crippen LogP contribution in [-0.4, -0.2) is 12.8 Å². The van der Waals surface area contributed by atoms with Crippen molar-refractivity contribution in [3.8, 4) is 0 Å². The van der Waals surface area contributed by atoms with E-state index in [1.54, 1.807) is 0 Å². The summed E-state index contributed by atoms with van der Waals surface area (Å²) < 4.78 is 0. The summed E-state index contributed by atoms with van der Waals surface area (Å²) in [6, 6.07) is 8.56. The first-order valence-corrected chi connectivity index (χ1v) is 5.85. The molecule has 0 spiro atoms. The van der Waals surface area contributed by atoms with E-state index in [4.69, 9.17) is 5.73 Å². The smallest absolute Gasteiger partial charge is 0.0104 e. The lowest BCUT2D eigenvalue weighted by Gasteiger charge is -2.13. The molecule has 2 heteroatoms. The molecular formula is C11H17NS. The lowest BCUT2D eigenvalue weighted by atomic mass is 9.98. The van der Waals surface area contributed by atoms with Gasteiger partial charge in [-0.3, -0.25) is 0 Å². The maximum atomic E-state index is 5.55. The Morgan fingerprint density at radius 3 is 2.69 bits per heavy atom. The molecule has 0 aliphatic rings. The molecule has 1 atom stereocenters. The first-order valence-electron chi connectivity index (χ1n) is 4.62. The van der Waals surface area contributed by atoms with Crippen LogP contribution < -0.4 is 5.73 Å². The van der Waals surface area contributed by atoms with E-state index in [0.29, 0.717) is 5.92 Å². The second kappa shape index (κ2) is 5.30. The third kappa shape index (κ3) is 2.75. The number of rotatable bonds is 4. The molecule has 13 heavy (non-hydrogen) atoms. The lowest BCUT2D eigenvalue weighted by molar-refractivity contribution is 0.679. The molecule has 0 aromatic heterocycles. The van der Waals surface area contributed by atoms with Crippen LogP contribution in [0.1, 0.15) is 24.8 Å². The fraction of sp³-hybridized carbons (Fsp3) is 0.455. The van der Waals surface area contributed by atoms with Crippen molar-refractivity contribution in [1.82, 2.24) is 0 Å². The minimum absolute atomic E-state index is 0.577. The van der Waals surface area contributed by atoms with Crippen LogP contribution in [0.25, 0.3) is 0 Å². The van der Waals surface area contributed by atoms with Gasteiger partial charge in [0.15, 0.2) is 0 Å². The van der Waals surface area contributed by atoms with Gasteiger partial charge < -0.3 is 5.73 Å². The molecule has 0 fully saturated rings. The van der Waals surface area contributed by atoms with Crippen molar-refractivity contribution in [3.05, 3.63) is 29.8 Å². The van der Waals surface area contributed by atoms with Crippen LogP contribution in [0.5, 0.6) is 0 Å². The highest BCUT2D eigenvalue weighted by molar-refractivity contribution is 7.98. The van der Waals surface area contributed by atoms with Crippen LogP contribution in [-0.2, 0) is 0 Å². The lowest BCUT2D eigenvalue weighted by Crippen LogP contribution is -2.05. The molecule has 1 aromatic rings. The van der Waals surface area contributed by atoms with Gasteiger partial charge in [0.05, 0.1) is 0 Å². The first-order chi connectivity index (χ1) is 6.29. The summed E-state index contributed by atoms with van der Waals surface area (Å²) in [7, 11) is 0. The third-order valence-corrected chi connectivity index (χ3v) is 3.08. The largest absolute Gasteiger partial charge is 0.330 e. The summed E-state index contributed by atoms with van der Waals surface area (Å²) in [5, 5.41) is 0. The van der Waals surface area contributed by atoms with Crippen LogP contribution in [0.4, 0.5) is 0 Å². The summed E-state index contributed by atoms with van der Waals surface area (Å²) in [5.41, 5.74) is 6.98. The zero-order valence-corrected chi connectivity index (χ0v) is 9.10. The topological polar surface area (TPSA) is 26.0 Å². The second-order valence-electron chi connectivity index (χ2n) is 3.22. The molecule has 0 bridgehead atoms. The first kappa shape index (κ1) is 10.6. The Balaban J connectivity index is 2.85. The Morgan fingerprint density at radius 2 is 2.08 bits per heavy atom. The van der Waals surface area contributed by atoms with Gasteiger partial charge in [-0.15, -0.1) is 11.8 Å². The van der Waals surface area contributed by atoms with Gasteiger partial charge in [-0.05, 0) is 36.8 Å². The van der Waals surface area contributed by atoms with Crippen LogP contribution in [0.15, 0.2) is 29.2 Å². The minimum atomic E-state index is 0.577. The third-order valence-electron chi connectivity index (χ3n) is 2.27. The van der Waals surface area contributed by atoms with Crippen molar-refractivity contribution in [2.24, 2.45) is 5.73 Å². The van der Waals surface area contributed by atoms with Gasteiger partial charge in [0.25, 0.3) is 0 Å². The van der Waals surface area contributed by atoms with E-state index in [0.717, 1.165) is 13.0 Å². The van der Waals surface area contributed by atoms with Gasteiger partial charge >= 0.3 is 0 Å². The van der Waals surface area contributed by atoms with Crippen molar-refractivity contribution in [3.63, 3.8) is 0 Å². The Hall–Kier alpha value is -0.470. The highest BCUT2D eigenvalue weighted by Gasteiger charge is 2.07. The molecule has 72 valence electrons. The molecule has 1 rings (SSSR count). The Kier molecular flexibility index (Phi) is 4.33. The zero-order valence-electron chi connectivity index (χ0n) is 8.29. The number of thioether (sulfide) groups is 1. The Labute approximate surface area is 84.7 Å². The summed E-state index contributed by atoms with van der Waals surface area (Å²) in [6.45, 7) is 3.01. The number of hydrogen-bond acceptors (Lipinski definition) is 2. The maximum Gasteiger partial charge on any atom is 0.0104 e. The van der Waals surface area contributed by atoms with E-state index in [1.807, 2.05) is 11.8 Å². The molecule has 1 nitrogen and oxygen atoms in total. The fourth-order valence-electron chi connectivity index (χ4n) is 1.48. The van der Waals surface area contributed by atoms with Gasteiger partial charge in [-0.25, -0.2) is 0 Å². The molecule has 0 amide bonds. The van der Waals surface area contributed by atoms with Crippen molar-refractivity contribution in [2.75, 3.05) is 12.8 Å². The molecule has 0 radical (unpaired) electrons. The van der Waals surface area contributed by atoms with E-state index in [2.05, 4.69) is 37.4 Å². The van der Waals surface area contributed by atoms with Crippen LogP contribution in [0, 0.1) is 0 Å². The van der Waals surface area contributed by atoms with Gasteiger partial charge in [0.2, 0.25) is 0 Å². The normalized spacial score (nSPS) is 12.8. The summed E-state index contributed by atoms with van der Waals surface area (Å²) in [4.78, 5) is 1.38. The molecule has 0 saturated heterocycles. The second-order valence-corrected chi connectivity index (χ2v) is 4.07. The predicted molar refractivity (Wildman–Crippen MR) is 60.3 cm³/mol. The van der Waals surface area contributed by atoms with E-state index < -0.39 is 0 Å². The summed E-state index contributed by atoms with van der Waals surface area (Å²) in [6.07, 6.45) is 3.19. The number of nitrogens with two attached hydrogens (primary N) is 1. The Bertz CT molecular complexity index is 260. The molecule has 0 aliphatic carbocycles. The summed E-state index contributed by atoms with van der Waals surface area (Å²) in [5.74, 6) is 0.577. The van der Waals surface area contributed by atoms with Crippen LogP contribution >= 0.6 is 11.8 Å². The monoisotopic (exact) mass is 195 g/mol.